The molecule has 1 amide bonds. The fourth-order valence-corrected chi connectivity index (χ4v) is 5.62. The molecule has 166 valence electrons. The number of pyridine rings is 1. The number of carbonyl (C=O) groups excluding carboxylic acids is 1. The van der Waals surface area contributed by atoms with Crippen molar-refractivity contribution >= 4 is 58.0 Å². The van der Waals surface area contributed by atoms with Crippen LogP contribution in [0.1, 0.15) is 45.2 Å². The zero-order valence-electron chi connectivity index (χ0n) is 18.3. The molecule has 8 heteroatoms. The van der Waals surface area contributed by atoms with Gasteiger partial charge < -0.3 is 9.73 Å². The number of fused-ring (bicyclic) bond motifs is 1. The number of hydrogen-bond donors (Lipinski definition) is 1. The molecule has 3 rings (SSSR count). The van der Waals surface area contributed by atoms with Gasteiger partial charge in [0.1, 0.15) is 10.5 Å². The lowest BCUT2D eigenvalue weighted by molar-refractivity contribution is -0.116. The number of unbranched alkanes of at least 4 members (excludes halogenated alkanes) is 2. The first-order valence-corrected chi connectivity index (χ1v) is 13.6. The van der Waals surface area contributed by atoms with E-state index < -0.39 is 0 Å². The molecular formula is C23H29N3O2S3. The van der Waals surface area contributed by atoms with Crippen molar-refractivity contribution < 1.29 is 9.21 Å². The van der Waals surface area contributed by atoms with Crippen molar-refractivity contribution in [3.05, 3.63) is 36.0 Å². The number of rotatable bonds is 12. The number of aromatic nitrogens is 2. The Labute approximate surface area is 196 Å². The average molecular weight is 476 g/mol. The Hall–Kier alpha value is -1.64. The van der Waals surface area contributed by atoms with Gasteiger partial charge in [0.15, 0.2) is 5.58 Å². The Morgan fingerprint density at radius 1 is 1.03 bits per heavy atom. The molecule has 0 aliphatic heterocycles. The number of oxazole rings is 1. The topological polar surface area (TPSA) is 68.0 Å². The first kappa shape index (κ1) is 24.0. The Bertz CT molecular complexity index is 947. The van der Waals surface area contributed by atoms with Gasteiger partial charge in [0.05, 0.1) is 5.69 Å². The van der Waals surface area contributed by atoms with E-state index in [9.17, 15) is 4.79 Å². The van der Waals surface area contributed by atoms with E-state index >= 15 is 0 Å². The summed E-state index contributed by atoms with van der Waals surface area (Å²) in [6.45, 7) is 6.23. The van der Waals surface area contributed by atoms with Crippen LogP contribution in [0.4, 0.5) is 5.69 Å². The Morgan fingerprint density at radius 2 is 1.84 bits per heavy atom. The second-order valence-corrected chi connectivity index (χ2v) is 10.6. The second kappa shape index (κ2) is 12.4. The van der Waals surface area contributed by atoms with E-state index in [1.807, 2.05) is 31.2 Å². The van der Waals surface area contributed by atoms with E-state index in [0.29, 0.717) is 11.6 Å². The molecule has 1 N–H and O–H groups in total. The molecule has 0 fully saturated rings. The lowest BCUT2D eigenvalue weighted by atomic mass is 10.2. The molecule has 3 aromatic rings. The van der Waals surface area contributed by atoms with Gasteiger partial charge in [-0.15, -0.1) is 23.5 Å². The number of thioether (sulfide) groups is 3. The van der Waals surface area contributed by atoms with Crippen molar-refractivity contribution in [2.24, 2.45) is 0 Å². The third-order valence-electron chi connectivity index (χ3n) is 4.47. The van der Waals surface area contributed by atoms with Crippen molar-refractivity contribution in [1.29, 1.82) is 0 Å². The van der Waals surface area contributed by atoms with Gasteiger partial charge >= 0.3 is 0 Å². The summed E-state index contributed by atoms with van der Waals surface area (Å²) >= 11 is 5.05. The standard InChI is InChI=1S/C23H29N3O2S3/c1-4-29-19-15-16(3)24-22(30-5-2)21(19)26-20(27)13-7-6-10-14-31-23-25-17-11-8-9-12-18(17)28-23/h8-9,11-12,15H,4-7,10,13-14H2,1-3H3,(H,26,27). The summed E-state index contributed by atoms with van der Waals surface area (Å²) in [5, 5.41) is 4.77. The Balaban J connectivity index is 1.43. The first-order valence-electron chi connectivity index (χ1n) is 10.7. The molecule has 0 atom stereocenters. The smallest absolute Gasteiger partial charge is 0.256 e. The van der Waals surface area contributed by atoms with Crippen LogP contribution in [-0.2, 0) is 4.79 Å². The van der Waals surface area contributed by atoms with Crippen LogP contribution in [0.2, 0.25) is 0 Å². The number of nitrogens with one attached hydrogen (secondary N) is 1. The van der Waals surface area contributed by atoms with Gasteiger partial charge in [-0.1, -0.05) is 44.2 Å². The maximum absolute atomic E-state index is 12.6. The molecule has 2 heterocycles. The molecule has 1 aromatic carbocycles. The van der Waals surface area contributed by atoms with E-state index in [0.717, 1.165) is 68.9 Å². The van der Waals surface area contributed by atoms with E-state index in [1.165, 1.54) is 0 Å². The van der Waals surface area contributed by atoms with Crippen LogP contribution in [0.3, 0.4) is 0 Å². The molecule has 2 aromatic heterocycles. The van der Waals surface area contributed by atoms with E-state index in [1.54, 1.807) is 35.3 Å². The molecule has 0 bridgehead atoms. The van der Waals surface area contributed by atoms with Gasteiger partial charge in [0, 0.05) is 22.8 Å². The summed E-state index contributed by atoms with van der Waals surface area (Å²) < 4.78 is 5.73. The third kappa shape index (κ3) is 7.19. The van der Waals surface area contributed by atoms with Gasteiger partial charge in [-0.05, 0) is 49.5 Å². The van der Waals surface area contributed by atoms with Gasteiger partial charge in [-0.3, -0.25) is 4.79 Å². The van der Waals surface area contributed by atoms with Crippen molar-refractivity contribution in [3.63, 3.8) is 0 Å². The summed E-state index contributed by atoms with van der Waals surface area (Å²) in [5.41, 5.74) is 3.59. The molecule has 0 saturated carbocycles. The quantitative estimate of drug-likeness (QED) is 0.222. The van der Waals surface area contributed by atoms with Crippen LogP contribution >= 0.6 is 35.3 Å². The van der Waals surface area contributed by atoms with Crippen LogP contribution in [-0.4, -0.2) is 33.1 Å². The molecule has 0 unspecified atom stereocenters. The van der Waals surface area contributed by atoms with Crippen LogP contribution in [0.15, 0.2) is 49.9 Å². The molecule has 0 aliphatic rings. The minimum Gasteiger partial charge on any atom is -0.431 e. The fourth-order valence-electron chi connectivity index (χ4n) is 3.08. The van der Waals surface area contributed by atoms with E-state index in [-0.39, 0.29) is 5.91 Å². The van der Waals surface area contributed by atoms with Gasteiger partial charge in [0.25, 0.3) is 5.22 Å². The highest BCUT2D eigenvalue weighted by molar-refractivity contribution is 8.00. The van der Waals surface area contributed by atoms with Crippen LogP contribution in [0.5, 0.6) is 0 Å². The molecular weight excluding hydrogens is 446 g/mol. The summed E-state index contributed by atoms with van der Waals surface area (Å²) in [6, 6.07) is 9.87. The van der Waals surface area contributed by atoms with Gasteiger partial charge in [-0.25, -0.2) is 9.97 Å². The maximum atomic E-state index is 12.6. The SMILES string of the molecule is CCSc1cc(C)nc(SCC)c1NC(=O)CCCCCSc1nc2ccccc2o1. The average Bonchev–Trinajstić information content (AvgIpc) is 3.16. The first-order chi connectivity index (χ1) is 15.1. The highest BCUT2D eigenvalue weighted by Gasteiger charge is 2.15. The predicted octanol–water partition coefficient (Wildman–Crippen LogP) is 7.05. The maximum Gasteiger partial charge on any atom is 0.256 e. The van der Waals surface area contributed by atoms with E-state index in [4.69, 9.17) is 4.42 Å². The summed E-state index contributed by atoms with van der Waals surface area (Å²) in [4.78, 5) is 22.8. The number of carbonyl (C=O) groups is 1. The van der Waals surface area contributed by atoms with Crippen molar-refractivity contribution in [1.82, 2.24) is 9.97 Å². The minimum atomic E-state index is 0.0631. The van der Waals surface area contributed by atoms with Crippen molar-refractivity contribution in [2.75, 3.05) is 22.6 Å². The molecule has 31 heavy (non-hydrogen) atoms. The number of para-hydroxylation sites is 2. The summed E-state index contributed by atoms with van der Waals surface area (Å²) in [5.74, 6) is 2.88. The second-order valence-electron chi connectivity index (χ2n) is 6.96. The normalized spacial score (nSPS) is 11.2. The fraction of sp³-hybridized carbons (Fsp3) is 0.435. The highest BCUT2D eigenvalue weighted by atomic mass is 32.2. The van der Waals surface area contributed by atoms with Crippen molar-refractivity contribution in [3.8, 4) is 0 Å². The monoisotopic (exact) mass is 475 g/mol. The Morgan fingerprint density at radius 3 is 2.61 bits per heavy atom. The summed E-state index contributed by atoms with van der Waals surface area (Å²) in [6.07, 6.45) is 3.41. The number of amides is 1. The lowest BCUT2D eigenvalue weighted by Gasteiger charge is -2.15. The van der Waals surface area contributed by atoms with Crippen LogP contribution in [0.25, 0.3) is 11.1 Å². The van der Waals surface area contributed by atoms with E-state index in [2.05, 4.69) is 35.2 Å². The molecule has 0 aliphatic carbocycles. The molecule has 0 saturated heterocycles. The number of anilines is 1. The summed E-state index contributed by atoms with van der Waals surface area (Å²) in [7, 11) is 0. The molecule has 0 radical (unpaired) electrons. The third-order valence-corrected chi connectivity index (χ3v) is 7.16. The molecule has 0 spiro atoms. The van der Waals surface area contributed by atoms with Crippen molar-refractivity contribution in [2.45, 2.75) is 61.6 Å². The largest absolute Gasteiger partial charge is 0.431 e. The number of benzene rings is 1. The van der Waals surface area contributed by atoms with Crippen LogP contribution < -0.4 is 5.32 Å². The predicted molar refractivity (Wildman–Crippen MR) is 134 cm³/mol. The lowest BCUT2D eigenvalue weighted by Crippen LogP contribution is -2.13. The Kier molecular flexibility index (Phi) is 9.61. The molecule has 5 nitrogen and oxygen atoms in total. The zero-order valence-corrected chi connectivity index (χ0v) is 20.7. The number of hydrogen-bond acceptors (Lipinski definition) is 7. The van der Waals surface area contributed by atoms with Gasteiger partial charge in [-0.2, -0.15) is 0 Å². The van der Waals surface area contributed by atoms with Crippen LogP contribution in [0, 0.1) is 6.92 Å². The number of aryl methyl sites for hydroxylation is 1. The zero-order chi connectivity index (χ0) is 22.1. The highest BCUT2D eigenvalue weighted by Crippen LogP contribution is 2.35. The number of nitrogens with zero attached hydrogens (tertiary/aromatic N) is 2. The van der Waals surface area contributed by atoms with Gasteiger partial charge in [0.2, 0.25) is 5.91 Å². The minimum absolute atomic E-state index is 0.0631.